The highest BCUT2D eigenvalue weighted by Crippen LogP contribution is 2.04. The Kier molecular flexibility index (Phi) is 3.50. The lowest BCUT2D eigenvalue weighted by molar-refractivity contribution is 0.448. The Balaban J connectivity index is 0.000000293. The largest absolute Gasteiger partial charge is 0.432 e. The van der Waals surface area contributed by atoms with Crippen molar-refractivity contribution in [1.82, 2.24) is 9.55 Å². The monoisotopic (exact) mass is 194 g/mol. The summed E-state index contributed by atoms with van der Waals surface area (Å²) >= 11 is 0. The Hall–Kier alpha value is -1.53. The van der Waals surface area contributed by atoms with E-state index >= 15 is 0 Å². The predicted octanol–water partition coefficient (Wildman–Crippen LogP) is -0.896. The molecule has 14 heavy (non-hydrogen) atoms. The highest BCUT2D eigenvalue weighted by Gasteiger charge is 1.98. The number of H-pyrrole nitrogens is 1. The van der Waals surface area contributed by atoms with E-state index in [0.29, 0.717) is 5.52 Å². The summed E-state index contributed by atoms with van der Waals surface area (Å²) in [4.78, 5) is 14.2. The standard InChI is InChI=1S/C8H8N2O.BH3O2/c1-10-5-3-6-2-4-9-7(6)8(10)11;2-1-3/h2-5,9H,1H3;1-3H. The molecule has 0 saturated heterocycles. The lowest BCUT2D eigenvalue weighted by Gasteiger charge is -1.94. The molecule has 0 bridgehead atoms. The van der Waals surface area contributed by atoms with Gasteiger partial charge in [-0.25, -0.2) is 0 Å². The maximum absolute atomic E-state index is 11.3. The first-order valence-electron chi connectivity index (χ1n) is 4.05. The highest BCUT2D eigenvalue weighted by atomic mass is 16.4. The first-order chi connectivity index (χ1) is 6.70. The molecule has 0 aliphatic heterocycles. The molecule has 2 heterocycles. The minimum Gasteiger partial charge on any atom is -0.430 e. The summed E-state index contributed by atoms with van der Waals surface area (Å²) in [5, 5.41) is 15.2. The van der Waals surface area contributed by atoms with Gasteiger partial charge in [-0.05, 0) is 12.1 Å². The van der Waals surface area contributed by atoms with E-state index in [1.54, 1.807) is 24.0 Å². The van der Waals surface area contributed by atoms with Gasteiger partial charge < -0.3 is 19.6 Å². The van der Waals surface area contributed by atoms with E-state index in [4.69, 9.17) is 10.0 Å². The summed E-state index contributed by atoms with van der Waals surface area (Å²) < 4.78 is 1.55. The van der Waals surface area contributed by atoms with Crippen molar-refractivity contribution < 1.29 is 10.0 Å². The highest BCUT2D eigenvalue weighted by molar-refractivity contribution is 6.13. The van der Waals surface area contributed by atoms with Crippen LogP contribution in [-0.4, -0.2) is 27.3 Å². The number of nitrogens with zero attached hydrogens (tertiary/aromatic N) is 1. The molecule has 2 aromatic rings. The fourth-order valence-electron chi connectivity index (χ4n) is 1.14. The molecule has 2 rings (SSSR count). The molecule has 6 heteroatoms. The summed E-state index contributed by atoms with van der Waals surface area (Å²) in [6.07, 6.45) is 3.53. The molecule has 0 radical (unpaired) electrons. The van der Waals surface area contributed by atoms with Gasteiger partial charge in [-0.1, -0.05) is 0 Å². The fourth-order valence-corrected chi connectivity index (χ4v) is 1.14. The second-order valence-corrected chi connectivity index (χ2v) is 2.68. The van der Waals surface area contributed by atoms with Gasteiger partial charge in [0, 0.05) is 24.8 Å². The van der Waals surface area contributed by atoms with E-state index in [9.17, 15) is 4.79 Å². The predicted molar refractivity (Wildman–Crippen MR) is 55.1 cm³/mol. The van der Waals surface area contributed by atoms with Crippen LogP contribution in [0.3, 0.4) is 0 Å². The Morgan fingerprint density at radius 2 is 2.07 bits per heavy atom. The molecule has 74 valence electrons. The number of pyridine rings is 1. The van der Waals surface area contributed by atoms with Crippen molar-refractivity contribution in [1.29, 1.82) is 0 Å². The molecule has 0 unspecified atom stereocenters. The van der Waals surface area contributed by atoms with Crippen LogP contribution >= 0.6 is 0 Å². The molecular weight excluding hydrogens is 183 g/mol. The lowest BCUT2D eigenvalue weighted by Crippen LogP contribution is -2.15. The van der Waals surface area contributed by atoms with Gasteiger partial charge in [-0.15, -0.1) is 0 Å². The number of aromatic amines is 1. The number of nitrogens with one attached hydrogen (secondary N) is 1. The Morgan fingerprint density at radius 3 is 2.71 bits per heavy atom. The number of aromatic nitrogens is 2. The Bertz CT molecular complexity index is 463. The maximum atomic E-state index is 11.3. The zero-order valence-electron chi connectivity index (χ0n) is 7.77. The quantitative estimate of drug-likeness (QED) is 0.475. The molecule has 0 amide bonds. The first kappa shape index (κ1) is 10.6. The third-order valence-corrected chi connectivity index (χ3v) is 1.79. The molecular formula is C8H11BN2O3. The average Bonchev–Trinajstić information content (AvgIpc) is 2.61. The second-order valence-electron chi connectivity index (χ2n) is 2.68. The van der Waals surface area contributed by atoms with E-state index in [1.165, 1.54) is 0 Å². The molecule has 0 fully saturated rings. The zero-order valence-corrected chi connectivity index (χ0v) is 7.77. The molecule has 0 aliphatic rings. The van der Waals surface area contributed by atoms with Gasteiger partial charge in [0.1, 0.15) is 5.52 Å². The SMILES string of the molecule is Cn1ccc2cc[nH]c2c1=O.OBO. The van der Waals surface area contributed by atoms with E-state index in [1.807, 2.05) is 12.1 Å². The number of hydrogen-bond donors (Lipinski definition) is 3. The van der Waals surface area contributed by atoms with Crippen LogP contribution in [0.15, 0.2) is 29.3 Å². The summed E-state index contributed by atoms with van der Waals surface area (Å²) in [7, 11) is 0.989. The van der Waals surface area contributed by atoms with Crippen molar-refractivity contribution in [3.05, 3.63) is 34.9 Å². The van der Waals surface area contributed by atoms with E-state index in [-0.39, 0.29) is 5.56 Å². The van der Waals surface area contributed by atoms with Crippen molar-refractivity contribution in [3.8, 4) is 0 Å². The molecule has 0 saturated carbocycles. The normalized spacial score (nSPS) is 9.36. The first-order valence-corrected chi connectivity index (χ1v) is 4.05. The summed E-state index contributed by atoms with van der Waals surface area (Å²) in [6, 6.07) is 3.80. The minimum atomic E-state index is -0.750. The molecule has 5 nitrogen and oxygen atoms in total. The second kappa shape index (κ2) is 4.64. The molecule has 0 aliphatic carbocycles. The third kappa shape index (κ3) is 2.04. The minimum absolute atomic E-state index is 0.0208. The number of fused-ring (bicyclic) bond motifs is 1. The van der Waals surface area contributed by atoms with Gasteiger partial charge in [-0.2, -0.15) is 0 Å². The van der Waals surface area contributed by atoms with Gasteiger partial charge in [0.15, 0.2) is 0 Å². The Morgan fingerprint density at radius 1 is 1.43 bits per heavy atom. The van der Waals surface area contributed by atoms with E-state index in [2.05, 4.69) is 4.98 Å². The van der Waals surface area contributed by atoms with Gasteiger partial charge in [-0.3, -0.25) is 4.79 Å². The molecule has 3 N–H and O–H groups in total. The molecule has 0 spiro atoms. The van der Waals surface area contributed by atoms with Crippen molar-refractivity contribution in [2.45, 2.75) is 0 Å². The average molecular weight is 194 g/mol. The van der Waals surface area contributed by atoms with Gasteiger partial charge in [0.25, 0.3) is 5.56 Å². The van der Waals surface area contributed by atoms with Gasteiger partial charge in [0.05, 0.1) is 0 Å². The van der Waals surface area contributed by atoms with E-state index in [0.717, 1.165) is 5.39 Å². The zero-order chi connectivity index (χ0) is 10.6. The van der Waals surface area contributed by atoms with Crippen LogP contribution in [0.4, 0.5) is 0 Å². The van der Waals surface area contributed by atoms with Crippen molar-refractivity contribution in [2.24, 2.45) is 7.05 Å². The van der Waals surface area contributed by atoms with Gasteiger partial charge >= 0.3 is 7.69 Å². The third-order valence-electron chi connectivity index (χ3n) is 1.79. The van der Waals surface area contributed by atoms with Crippen molar-refractivity contribution >= 4 is 18.6 Å². The van der Waals surface area contributed by atoms with Crippen LogP contribution in [-0.2, 0) is 7.05 Å². The lowest BCUT2D eigenvalue weighted by atomic mass is 10.3. The van der Waals surface area contributed by atoms with Crippen LogP contribution in [0.2, 0.25) is 0 Å². The summed E-state index contributed by atoms with van der Waals surface area (Å²) in [5.41, 5.74) is 0.697. The maximum Gasteiger partial charge on any atom is 0.432 e. The molecule has 0 atom stereocenters. The molecule has 0 aromatic carbocycles. The van der Waals surface area contributed by atoms with Crippen molar-refractivity contribution in [2.75, 3.05) is 0 Å². The number of aryl methyl sites for hydroxylation is 1. The van der Waals surface area contributed by atoms with Crippen molar-refractivity contribution in [3.63, 3.8) is 0 Å². The summed E-state index contributed by atoms with van der Waals surface area (Å²) in [5.74, 6) is 0. The Labute approximate surface area is 80.9 Å². The smallest absolute Gasteiger partial charge is 0.430 e. The van der Waals surface area contributed by atoms with E-state index < -0.39 is 7.69 Å². The van der Waals surface area contributed by atoms with Crippen LogP contribution in [0, 0.1) is 0 Å². The number of hydrogen-bond acceptors (Lipinski definition) is 3. The van der Waals surface area contributed by atoms with Crippen LogP contribution in [0.1, 0.15) is 0 Å². The molecule has 2 aromatic heterocycles. The van der Waals surface area contributed by atoms with Crippen LogP contribution in [0.25, 0.3) is 10.9 Å². The number of rotatable bonds is 0. The van der Waals surface area contributed by atoms with Crippen LogP contribution < -0.4 is 5.56 Å². The van der Waals surface area contributed by atoms with Crippen LogP contribution in [0.5, 0.6) is 0 Å². The topological polar surface area (TPSA) is 78.2 Å². The summed E-state index contributed by atoms with van der Waals surface area (Å²) in [6.45, 7) is 0. The van der Waals surface area contributed by atoms with Gasteiger partial charge in [0.2, 0.25) is 0 Å². The fraction of sp³-hybridized carbons (Fsp3) is 0.125.